The Labute approximate surface area is 120 Å². The Morgan fingerprint density at radius 2 is 1.89 bits per heavy atom. The molecule has 2 atom stereocenters. The van der Waals surface area contributed by atoms with Crippen LogP contribution in [0.15, 0.2) is 28.7 Å². The van der Waals surface area contributed by atoms with Crippen molar-refractivity contribution in [3.05, 3.63) is 28.7 Å². The fourth-order valence-corrected chi connectivity index (χ4v) is 2.94. The Kier molecular flexibility index (Phi) is 4.58. The van der Waals surface area contributed by atoms with Crippen LogP contribution in [0.1, 0.15) is 25.7 Å². The van der Waals surface area contributed by atoms with Gasteiger partial charge in [-0.2, -0.15) is 0 Å². The zero-order valence-electron chi connectivity index (χ0n) is 10.4. The number of rotatable bonds is 3. The summed E-state index contributed by atoms with van der Waals surface area (Å²) in [6, 6.07) is 7.29. The number of hydrogen-bond donors (Lipinski definition) is 2. The van der Waals surface area contributed by atoms with Crippen molar-refractivity contribution in [2.45, 2.75) is 25.7 Å². The first-order chi connectivity index (χ1) is 9.08. The molecule has 5 heteroatoms. The summed E-state index contributed by atoms with van der Waals surface area (Å²) in [5, 5.41) is 12.0. The van der Waals surface area contributed by atoms with Gasteiger partial charge in [-0.1, -0.05) is 34.8 Å². The maximum absolute atomic E-state index is 12.2. The van der Waals surface area contributed by atoms with Gasteiger partial charge < -0.3 is 10.4 Å². The number of anilines is 1. The SMILES string of the molecule is O=C(Nc1cccc(Br)c1)[C@H]1CCCC[C@H]1C(=O)O. The average molecular weight is 326 g/mol. The van der Waals surface area contributed by atoms with Gasteiger partial charge >= 0.3 is 5.97 Å². The largest absolute Gasteiger partial charge is 0.481 e. The third-order valence-electron chi connectivity index (χ3n) is 3.51. The van der Waals surface area contributed by atoms with E-state index in [1.165, 1.54) is 0 Å². The first-order valence-electron chi connectivity index (χ1n) is 6.37. The number of benzene rings is 1. The molecule has 19 heavy (non-hydrogen) atoms. The summed E-state index contributed by atoms with van der Waals surface area (Å²) < 4.78 is 0.878. The van der Waals surface area contributed by atoms with Crippen molar-refractivity contribution in [2.75, 3.05) is 5.32 Å². The maximum atomic E-state index is 12.2. The topological polar surface area (TPSA) is 66.4 Å². The van der Waals surface area contributed by atoms with E-state index < -0.39 is 17.8 Å². The van der Waals surface area contributed by atoms with E-state index >= 15 is 0 Å². The van der Waals surface area contributed by atoms with E-state index in [9.17, 15) is 14.7 Å². The molecule has 102 valence electrons. The van der Waals surface area contributed by atoms with Crippen LogP contribution in [0.3, 0.4) is 0 Å². The van der Waals surface area contributed by atoms with E-state index in [-0.39, 0.29) is 5.91 Å². The molecule has 1 aliphatic carbocycles. The molecule has 1 aromatic rings. The Morgan fingerprint density at radius 3 is 2.53 bits per heavy atom. The van der Waals surface area contributed by atoms with Crippen molar-refractivity contribution in [1.82, 2.24) is 0 Å². The summed E-state index contributed by atoms with van der Waals surface area (Å²) in [6.45, 7) is 0. The summed E-state index contributed by atoms with van der Waals surface area (Å²) in [5.41, 5.74) is 0.689. The van der Waals surface area contributed by atoms with Crippen LogP contribution in [-0.2, 0) is 9.59 Å². The van der Waals surface area contributed by atoms with Gasteiger partial charge in [0.15, 0.2) is 0 Å². The molecule has 0 spiro atoms. The molecular weight excluding hydrogens is 310 g/mol. The van der Waals surface area contributed by atoms with Crippen molar-refractivity contribution in [3.63, 3.8) is 0 Å². The van der Waals surface area contributed by atoms with Crippen LogP contribution in [0, 0.1) is 11.8 Å². The zero-order chi connectivity index (χ0) is 13.8. The summed E-state index contributed by atoms with van der Waals surface area (Å²) >= 11 is 3.34. The molecule has 0 unspecified atom stereocenters. The minimum Gasteiger partial charge on any atom is -0.481 e. The fourth-order valence-electron chi connectivity index (χ4n) is 2.54. The molecular formula is C14H16BrNO3. The Hall–Kier alpha value is -1.36. The van der Waals surface area contributed by atoms with Crippen molar-refractivity contribution >= 4 is 33.5 Å². The molecule has 0 aliphatic heterocycles. The smallest absolute Gasteiger partial charge is 0.307 e. The van der Waals surface area contributed by atoms with Gasteiger partial charge in [-0.15, -0.1) is 0 Å². The number of carbonyl (C=O) groups is 2. The van der Waals surface area contributed by atoms with E-state index in [0.29, 0.717) is 18.5 Å². The van der Waals surface area contributed by atoms with Gasteiger partial charge in [-0.25, -0.2) is 0 Å². The molecule has 0 saturated heterocycles. The van der Waals surface area contributed by atoms with E-state index in [0.717, 1.165) is 17.3 Å². The second-order valence-corrected chi connectivity index (χ2v) is 5.75. The van der Waals surface area contributed by atoms with Gasteiger partial charge in [0.25, 0.3) is 0 Å². The quantitative estimate of drug-likeness (QED) is 0.896. The zero-order valence-corrected chi connectivity index (χ0v) is 12.0. The molecule has 1 saturated carbocycles. The van der Waals surface area contributed by atoms with E-state index in [4.69, 9.17) is 0 Å². The Morgan fingerprint density at radius 1 is 1.21 bits per heavy atom. The summed E-state index contributed by atoms with van der Waals surface area (Å²) in [5.74, 6) is -2.04. The van der Waals surface area contributed by atoms with Crippen LogP contribution < -0.4 is 5.32 Å². The lowest BCUT2D eigenvalue weighted by atomic mass is 9.78. The first-order valence-corrected chi connectivity index (χ1v) is 7.16. The van der Waals surface area contributed by atoms with Gasteiger partial charge in [0.1, 0.15) is 0 Å². The predicted molar refractivity (Wildman–Crippen MR) is 75.9 cm³/mol. The average Bonchev–Trinajstić information content (AvgIpc) is 2.38. The van der Waals surface area contributed by atoms with E-state index in [1.807, 2.05) is 12.1 Å². The van der Waals surface area contributed by atoms with Crippen LogP contribution in [0.2, 0.25) is 0 Å². The number of carbonyl (C=O) groups excluding carboxylic acids is 1. The third-order valence-corrected chi connectivity index (χ3v) is 4.01. The minimum absolute atomic E-state index is 0.190. The lowest BCUT2D eigenvalue weighted by molar-refractivity contribution is -0.147. The number of amides is 1. The number of carboxylic acid groups (broad SMARTS) is 1. The molecule has 1 aromatic carbocycles. The lowest BCUT2D eigenvalue weighted by Gasteiger charge is -2.27. The minimum atomic E-state index is -0.867. The fraction of sp³-hybridized carbons (Fsp3) is 0.429. The highest BCUT2D eigenvalue weighted by Crippen LogP contribution is 2.31. The molecule has 4 nitrogen and oxygen atoms in total. The monoisotopic (exact) mass is 325 g/mol. The second kappa shape index (κ2) is 6.19. The maximum Gasteiger partial charge on any atom is 0.307 e. The van der Waals surface area contributed by atoms with Crippen molar-refractivity contribution in [3.8, 4) is 0 Å². The van der Waals surface area contributed by atoms with Crippen molar-refractivity contribution in [1.29, 1.82) is 0 Å². The molecule has 0 heterocycles. The molecule has 0 aromatic heterocycles. The van der Waals surface area contributed by atoms with Gasteiger partial charge in [-0.05, 0) is 31.0 Å². The lowest BCUT2D eigenvalue weighted by Crippen LogP contribution is -2.36. The van der Waals surface area contributed by atoms with Crippen LogP contribution >= 0.6 is 15.9 Å². The predicted octanol–water partition coefficient (Wildman–Crippen LogP) is 3.28. The van der Waals surface area contributed by atoms with Gasteiger partial charge in [0, 0.05) is 10.2 Å². The van der Waals surface area contributed by atoms with Crippen molar-refractivity contribution < 1.29 is 14.7 Å². The molecule has 1 amide bonds. The highest BCUT2D eigenvalue weighted by Gasteiger charge is 2.35. The molecule has 1 aliphatic rings. The molecule has 2 N–H and O–H groups in total. The summed E-state index contributed by atoms with van der Waals surface area (Å²) in [4.78, 5) is 23.4. The van der Waals surface area contributed by atoms with E-state index in [2.05, 4.69) is 21.2 Å². The number of halogens is 1. The summed E-state index contributed by atoms with van der Waals surface area (Å²) in [6.07, 6.45) is 3.04. The first kappa shape index (κ1) is 14.1. The number of nitrogens with one attached hydrogen (secondary N) is 1. The second-order valence-electron chi connectivity index (χ2n) is 4.84. The normalized spacial score (nSPS) is 22.8. The van der Waals surface area contributed by atoms with Gasteiger partial charge in [0.2, 0.25) is 5.91 Å². The number of carboxylic acids is 1. The highest BCUT2D eigenvalue weighted by atomic mass is 79.9. The molecule has 0 bridgehead atoms. The van der Waals surface area contributed by atoms with Gasteiger partial charge in [-0.3, -0.25) is 9.59 Å². The van der Waals surface area contributed by atoms with Crippen LogP contribution in [0.5, 0.6) is 0 Å². The molecule has 1 fully saturated rings. The van der Waals surface area contributed by atoms with E-state index in [1.54, 1.807) is 12.1 Å². The molecule has 0 radical (unpaired) electrons. The Bertz CT molecular complexity index is 489. The number of aliphatic carboxylic acids is 1. The standard InChI is InChI=1S/C14H16BrNO3/c15-9-4-3-5-10(8-9)16-13(17)11-6-1-2-7-12(11)14(18)19/h3-5,8,11-12H,1-2,6-7H2,(H,16,17)(H,18,19)/t11-,12+/m0/s1. The highest BCUT2D eigenvalue weighted by molar-refractivity contribution is 9.10. The van der Waals surface area contributed by atoms with Crippen LogP contribution in [0.25, 0.3) is 0 Å². The summed E-state index contributed by atoms with van der Waals surface area (Å²) in [7, 11) is 0. The third kappa shape index (κ3) is 3.56. The number of hydrogen-bond acceptors (Lipinski definition) is 2. The van der Waals surface area contributed by atoms with Crippen molar-refractivity contribution in [2.24, 2.45) is 11.8 Å². The van der Waals surface area contributed by atoms with Crippen LogP contribution in [0.4, 0.5) is 5.69 Å². The van der Waals surface area contributed by atoms with Crippen LogP contribution in [-0.4, -0.2) is 17.0 Å². The molecule has 2 rings (SSSR count). The van der Waals surface area contributed by atoms with Gasteiger partial charge in [0.05, 0.1) is 11.8 Å². The Balaban J connectivity index is 2.07.